The van der Waals surface area contributed by atoms with E-state index in [9.17, 15) is 14.4 Å². The number of halogens is 1. The van der Waals surface area contributed by atoms with E-state index < -0.39 is 18.5 Å². The minimum Gasteiger partial charge on any atom is -0.451 e. The van der Waals surface area contributed by atoms with Gasteiger partial charge in [-0.2, -0.15) is 0 Å². The highest BCUT2D eigenvalue weighted by atomic mass is 35.5. The first-order valence-electron chi connectivity index (χ1n) is 11.3. The molecular weight excluding hydrogens is 510 g/mol. The van der Waals surface area contributed by atoms with E-state index in [1.54, 1.807) is 29.6 Å². The lowest BCUT2D eigenvalue weighted by molar-refractivity contribution is -0.119. The third kappa shape index (κ3) is 4.89. The van der Waals surface area contributed by atoms with Crippen molar-refractivity contribution >= 4 is 50.7 Å². The Morgan fingerprint density at radius 1 is 0.973 bits per heavy atom. The van der Waals surface area contributed by atoms with Crippen molar-refractivity contribution < 1.29 is 14.3 Å². The van der Waals surface area contributed by atoms with Gasteiger partial charge in [-0.15, -0.1) is 11.3 Å². The maximum atomic E-state index is 13.2. The van der Waals surface area contributed by atoms with Crippen LogP contribution in [0.3, 0.4) is 0 Å². The number of benzene rings is 3. The fourth-order valence-electron chi connectivity index (χ4n) is 4.08. The second kappa shape index (κ2) is 10.4. The number of nitrogens with zero attached hydrogens (tertiary/aromatic N) is 2. The molecule has 0 atom stereocenters. The molecule has 0 saturated carbocycles. The predicted molar refractivity (Wildman–Crippen MR) is 146 cm³/mol. The van der Waals surface area contributed by atoms with E-state index in [0.717, 1.165) is 11.1 Å². The predicted octanol–water partition coefficient (Wildman–Crippen LogP) is 5.78. The summed E-state index contributed by atoms with van der Waals surface area (Å²) in [5.74, 6) is -1.34. The molecule has 0 bridgehead atoms. The molecule has 7 nitrogen and oxygen atoms in total. The monoisotopic (exact) mass is 529 g/mol. The Hall–Kier alpha value is -4.27. The maximum absolute atomic E-state index is 13.2. The molecule has 5 rings (SSSR count). The molecule has 2 heterocycles. The largest absolute Gasteiger partial charge is 0.451 e. The average Bonchev–Trinajstić information content (AvgIpc) is 3.38. The number of nitrogens with one attached hydrogen (secondary N) is 1. The van der Waals surface area contributed by atoms with Gasteiger partial charge in [0.1, 0.15) is 5.69 Å². The fraction of sp³-hybridized carbons (Fsp3) is 0.0714. The average molecular weight is 530 g/mol. The molecule has 1 amide bonds. The lowest BCUT2D eigenvalue weighted by Gasteiger charge is -2.16. The molecule has 0 unspecified atom stereocenters. The molecule has 0 aliphatic rings. The van der Waals surface area contributed by atoms with Crippen LogP contribution in [0.1, 0.15) is 10.5 Å². The van der Waals surface area contributed by atoms with E-state index in [0.29, 0.717) is 32.2 Å². The summed E-state index contributed by atoms with van der Waals surface area (Å²) in [6, 6.07) is 23.6. The number of thiazole rings is 1. The molecule has 2 aromatic heterocycles. The van der Waals surface area contributed by atoms with Crippen LogP contribution in [-0.4, -0.2) is 28.0 Å². The van der Waals surface area contributed by atoms with Gasteiger partial charge in [0.15, 0.2) is 11.7 Å². The van der Waals surface area contributed by atoms with Crippen LogP contribution in [-0.2, 0) is 16.6 Å². The summed E-state index contributed by atoms with van der Waals surface area (Å²) in [6.45, 7) is -0.547. The first-order valence-corrected chi connectivity index (χ1v) is 12.5. The van der Waals surface area contributed by atoms with E-state index in [2.05, 4.69) is 10.3 Å². The standard InChI is InChI=1S/C28H20ClN3O4S/c1-32-25(24(17-9-3-2-4-10-17)18-11-5-6-12-19(18)26(32)34)27(35)36-15-23(33)31-28-30-22(16-37-28)20-13-7-8-14-21(20)29/h2-14,16H,15H2,1H3,(H,30,31,33). The molecule has 0 radical (unpaired) electrons. The minimum atomic E-state index is -0.782. The number of carbonyl (C=O) groups is 2. The molecule has 0 spiro atoms. The number of hydrogen-bond acceptors (Lipinski definition) is 6. The van der Waals surface area contributed by atoms with Crippen molar-refractivity contribution in [2.75, 3.05) is 11.9 Å². The highest BCUT2D eigenvalue weighted by Gasteiger charge is 2.23. The molecular formula is C28H20ClN3O4S. The summed E-state index contributed by atoms with van der Waals surface area (Å²) in [4.78, 5) is 43.2. The van der Waals surface area contributed by atoms with Crippen LogP contribution in [0.2, 0.25) is 5.02 Å². The van der Waals surface area contributed by atoms with Crippen molar-refractivity contribution in [2.45, 2.75) is 0 Å². The molecule has 0 aliphatic heterocycles. The van der Waals surface area contributed by atoms with Crippen molar-refractivity contribution in [1.82, 2.24) is 9.55 Å². The van der Waals surface area contributed by atoms with Crippen molar-refractivity contribution in [3.05, 3.63) is 105 Å². The topological polar surface area (TPSA) is 90.3 Å². The van der Waals surface area contributed by atoms with E-state index in [-0.39, 0.29) is 11.3 Å². The summed E-state index contributed by atoms with van der Waals surface area (Å²) in [5.41, 5.74) is 2.42. The van der Waals surface area contributed by atoms with Crippen molar-refractivity contribution in [3.8, 4) is 22.4 Å². The number of rotatable bonds is 6. The van der Waals surface area contributed by atoms with Crippen molar-refractivity contribution in [1.29, 1.82) is 0 Å². The quantitative estimate of drug-likeness (QED) is 0.282. The number of fused-ring (bicyclic) bond motifs is 1. The molecule has 0 aliphatic carbocycles. The highest BCUT2D eigenvalue weighted by molar-refractivity contribution is 7.14. The number of pyridine rings is 1. The number of amides is 1. The Bertz CT molecular complexity index is 1700. The van der Waals surface area contributed by atoms with Gasteiger partial charge in [0.25, 0.3) is 11.5 Å². The Labute approximate surface area is 220 Å². The smallest absolute Gasteiger partial charge is 0.356 e. The van der Waals surface area contributed by atoms with Crippen molar-refractivity contribution in [3.63, 3.8) is 0 Å². The molecule has 184 valence electrons. The van der Waals surface area contributed by atoms with E-state index in [1.807, 2.05) is 54.6 Å². The second-order valence-electron chi connectivity index (χ2n) is 8.14. The Balaban J connectivity index is 1.39. The summed E-state index contributed by atoms with van der Waals surface area (Å²) in [5, 5.41) is 6.43. The number of carbonyl (C=O) groups excluding carboxylic acids is 2. The van der Waals surface area contributed by atoms with Gasteiger partial charge in [0.05, 0.1) is 5.69 Å². The Morgan fingerprint density at radius 2 is 1.65 bits per heavy atom. The Kier molecular flexibility index (Phi) is 6.85. The third-order valence-corrected chi connectivity index (χ3v) is 6.88. The lowest BCUT2D eigenvalue weighted by Crippen LogP contribution is -2.28. The van der Waals surface area contributed by atoms with Crippen LogP contribution >= 0.6 is 22.9 Å². The molecule has 37 heavy (non-hydrogen) atoms. The first-order chi connectivity index (χ1) is 17.9. The number of esters is 1. The van der Waals surface area contributed by atoms with Crippen LogP contribution in [0, 0.1) is 0 Å². The zero-order chi connectivity index (χ0) is 25.9. The minimum absolute atomic E-state index is 0.0676. The van der Waals surface area contributed by atoms with Crippen LogP contribution < -0.4 is 10.9 Å². The summed E-state index contributed by atoms with van der Waals surface area (Å²) in [6.07, 6.45) is 0. The van der Waals surface area contributed by atoms with Crippen LogP contribution in [0.15, 0.2) is 89.0 Å². The van der Waals surface area contributed by atoms with Gasteiger partial charge >= 0.3 is 5.97 Å². The molecule has 5 aromatic rings. The van der Waals surface area contributed by atoms with E-state index in [1.165, 1.54) is 23.0 Å². The van der Waals surface area contributed by atoms with Crippen molar-refractivity contribution in [2.24, 2.45) is 7.05 Å². The van der Waals surface area contributed by atoms with Crippen LogP contribution in [0.25, 0.3) is 33.2 Å². The maximum Gasteiger partial charge on any atom is 0.356 e. The molecule has 3 aromatic carbocycles. The van der Waals surface area contributed by atoms with Gasteiger partial charge in [0, 0.05) is 34.0 Å². The van der Waals surface area contributed by atoms with E-state index in [4.69, 9.17) is 16.3 Å². The lowest BCUT2D eigenvalue weighted by atomic mass is 9.97. The number of ether oxygens (including phenoxy) is 1. The summed E-state index contributed by atoms with van der Waals surface area (Å²) < 4.78 is 6.63. The number of aromatic nitrogens is 2. The molecule has 1 N–H and O–H groups in total. The molecule has 0 fully saturated rings. The zero-order valence-electron chi connectivity index (χ0n) is 19.6. The summed E-state index contributed by atoms with van der Waals surface area (Å²) >= 11 is 7.46. The zero-order valence-corrected chi connectivity index (χ0v) is 21.2. The highest BCUT2D eigenvalue weighted by Crippen LogP contribution is 2.32. The van der Waals surface area contributed by atoms with Gasteiger partial charge in [0.2, 0.25) is 0 Å². The van der Waals surface area contributed by atoms with Gasteiger partial charge in [-0.25, -0.2) is 9.78 Å². The second-order valence-corrected chi connectivity index (χ2v) is 9.41. The van der Waals surface area contributed by atoms with E-state index >= 15 is 0 Å². The fourth-order valence-corrected chi connectivity index (χ4v) is 5.04. The van der Waals surface area contributed by atoms with Crippen LogP contribution in [0.5, 0.6) is 0 Å². The van der Waals surface area contributed by atoms with Gasteiger partial charge < -0.3 is 9.30 Å². The summed E-state index contributed by atoms with van der Waals surface area (Å²) in [7, 11) is 1.52. The molecule has 0 saturated heterocycles. The normalized spacial score (nSPS) is 10.9. The van der Waals surface area contributed by atoms with Gasteiger partial charge in [-0.1, -0.05) is 78.3 Å². The SMILES string of the molecule is Cn1c(C(=O)OCC(=O)Nc2nc(-c3ccccc3Cl)cs2)c(-c2ccccc2)c2ccccc2c1=O. The van der Waals surface area contributed by atoms with Crippen LogP contribution in [0.4, 0.5) is 5.13 Å². The Morgan fingerprint density at radius 3 is 2.41 bits per heavy atom. The first kappa shape index (κ1) is 24.4. The van der Waals surface area contributed by atoms with Gasteiger partial charge in [-0.05, 0) is 23.1 Å². The van der Waals surface area contributed by atoms with Gasteiger partial charge in [-0.3, -0.25) is 14.9 Å². The number of hydrogen-bond donors (Lipinski definition) is 1. The third-order valence-electron chi connectivity index (χ3n) is 5.79. The number of anilines is 1. The molecule has 9 heteroatoms.